The molecule has 1 aromatic heterocycles. The Labute approximate surface area is 231 Å². The fourth-order valence-corrected chi connectivity index (χ4v) is 4.78. The van der Waals surface area contributed by atoms with Crippen LogP contribution in [0.3, 0.4) is 0 Å². The normalized spacial score (nSPS) is 11.9. The fourth-order valence-electron chi connectivity index (χ4n) is 3.85. The average Bonchev–Trinajstić information content (AvgIpc) is 3.41. The number of carbonyl (C=O) groups excluding carboxylic acids is 3. The first-order chi connectivity index (χ1) is 18.8. The van der Waals surface area contributed by atoms with Gasteiger partial charge < -0.3 is 20.4 Å². The molecule has 4 rings (SSSR count). The van der Waals surface area contributed by atoms with Crippen LogP contribution in [-0.4, -0.2) is 23.0 Å². The first-order valence-corrected chi connectivity index (χ1v) is 13.2. The summed E-state index contributed by atoms with van der Waals surface area (Å²) in [5, 5.41) is 8.10. The molecule has 0 aliphatic carbocycles. The van der Waals surface area contributed by atoms with Crippen molar-refractivity contribution in [2.45, 2.75) is 30.9 Å². The van der Waals surface area contributed by atoms with E-state index in [-0.39, 0.29) is 16.9 Å². The van der Waals surface area contributed by atoms with Gasteiger partial charge in [-0.25, -0.2) is 0 Å². The Morgan fingerprint density at radius 3 is 2.26 bits per heavy atom. The summed E-state index contributed by atoms with van der Waals surface area (Å²) in [4.78, 5) is 39.6. The number of carbonyl (C=O) groups is 3. The lowest BCUT2D eigenvalue weighted by Gasteiger charge is -2.14. The standard InChI is InChI=1S/C31H29N3O4S/c1-20-15-21(2)17-25(16-20)33-29(35)22(3)39-27-13-7-11-24(18-27)32-31(37)28(19-26-12-8-14-38-26)34-30(36)23-9-5-4-6-10-23/h4-19,22H,1-3H3,(H,32,37)(H,33,35)(H,34,36)/b28-19-. The number of furan rings is 1. The Morgan fingerprint density at radius 2 is 1.56 bits per heavy atom. The monoisotopic (exact) mass is 539 g/mol. The number of benzene rings is 3. The lowest BCUT2D eigenvalue weighted by Crippen LogP contribution is -2.30. The van der Waals surface area contributed by atoms with E-state index in [0.29, 0.717) is 17.0 Å². The van der Waals surface area contributed by atoms with Crippen molar-refractivity contribution in [3.8, 4) is 0 Å². The van der Waals surface area contributed by atoms with Gasteiger partial charge in [0.2, 0.25) is 5.91 Å². The predicted molar refractivity (Wildman–Crippen MR) is 156 cm³/mol. The Hall–Kier alpha value is -4.56. The van der Waals surface area contributed by atoms with Crippen molar-refractivity contribution in [2.24, 2.45) is 0 Å². The van der Waals surface area contributed by atoms with Crippen molar-refractivity contribution in [3.05, 3.63) is 119 Å². The van der Waals surface area contributed by atoms with Crippen LogP contribution >= 0.6 is 11.8 Å². The molecule has 0 aliphatic heterocycles. The third kappa shape index (κ3) is 7.96. The maximum Gasteiger partial charge on any atom is 0.272 e. The predicted octanol–water partition coefficient (Wildman–Crippen LogP) is 6.43. The molecule has 1 heterocycles. The van der Waals surface area contributed by atoms with Gasteiger partial charge in [0, 0.05) is 27.9 Å². The third-order valence-electron chi connectivity index (χ3n) is 5.62. The minimum Gasteiger partial charge on any atom is -0.465 e. The second kappa shape index (κ2) is 12.8. The SMILES string of the molecule is Cc1cc(C)cc(NC(=O)C(C)Sc2cccc(NC(=O)/C(=C/c3ccco3)NC(=O)c3ccccc3)c2)c1. The zero-order valence-corrected chi connectivity index (χ0v) is 22.7. The molecule has 8 heteroatoms. The van der Waals surface area contributed by atoms with E-state index in [9.17, 15) is 14.4 Å². The molecule has 0 saturated heterocycles. The molecule has 0 bridgehead atoms. The van der Waals surface area contributed by atoms with Gasteiger partial charge in [-0.3, -0.25) is 14.4 Å². The minimum absolute atomic E-state index is 0.0260. The van der Waals surface area contributed by atoms with Gasteiger partial charge in [-0.1, -0.05) is 30.3 Å². The second-order valence-corrected chi connectivity index (χ2v) is 10.4. The van der Waals surface area contributed by atoms with E-state index >= 15 is 0 Å². The molecule has 4 aromatic rings. The van der Waals surface area contributed by atoms with Crippen LogP contribution in [0.15, 0.2) is 106 Å². The van der Waals surface area contributed by atoms with E-state index in [0.717, 1.165) is 21.7 Å². The highest BCUT2D eigenvalue weighted by molar-refractivity contribution is 8.00. The van der Waals surface area contributed by atoms with Gasteiger partial charge in [-0.05, 0) is 86.5 Å². The van der Waals surface area contributed by atoms with Crippen LogP contribution in [0.25, 0.3) is 6.08 Å². The summed E-state index contributed by atoms with van der Waals surface area (Å²) in [7, 11) is 0. The molecule has 0 radical (unpaired) electrons. The molecule has 0 spiro atoms. The Morgan fingerprint density at radius 1 is 0.821 bits per heavy atom. The second-order valence-electron chi connectivity index (χ2n) is 9.00. The average molecular weight is 540 g/mol. The molecule has 39 heavy (non-hydrogen) atoms. The number of thioether (sulfide) groups is 1. The maximum absolute atomic E-state index is 13.2. The van der Waals surface area contributed by atoms with Crippen molar-refractivity contribution in [3.63, 3.8) is 0 Å². The Bertz CT molecular complexity index is 1480. The van der Waals surface area contributed by atoms with E-state index in [1.165, 1.54) is 24.1 Å². The molecule has 1 unspecified atom stereocenters. The molecule has 1 atom stereocenters. The fraction of sp³-hybridized carbons (Fsp3) is 0.129. The zero-order chi connectivity index (χ0) is 27.8. The molecule has 3 N–H and O–H groups in total. The quantitative estimate of drug-likeness (QED) is 0.168. The highest BCUT2D eigenvalue weighted by Crippen LogP contribution is 2.27. The molecule has 3 aromatic carbocycles. The van der Waals surface area contributed by atoms with Crippen LogP contribution in [0.2, 0.25) is 0 Å². The smallest absolute Gasteiger partial charge is 0.272 e. The molecule has 3 amide bonds. The van der Waals surface area contributed by atoms with Crippen LogP contribution < -0.4 is 16.0 Å². The van der Waals surface area contributed by atoms with Crippen molar-refractivity contribution in [1.82, 2.24) is 5.32 Å². The Balaban J connectivity index is 1.44. The van der Waals surface area contributed by atoms with Crippen LogP contribution in [0.1, 0.15) is 34.2 Å². The number of rotatable bonds is 9. The number of hydrogen-bond donors (Lipinski definition) is 3. The number of hydrogen-bond acceptors (Lipinski definition) is 5. The minimum atomic E-state index is -0.515. The summed E-state index contributed by atoms with van der Waals surface area (Å²) < 4.78 is 5.34. The number of amides is 3. The van der Waals surface area contributed by atoms with E-state index in [2.05, 4.69) is 22.0 Å². The van der Waals surface area contributed by atoms with Gasteiger partial charge in [-0.15, -0.1) is 11.8 Å². The summed E-state index contributed by atoms with van der Waals surface area (Å²) in [5.41, 5.74) is 3.88. The van der Waals surface area contributed by atoms with E-state index in [1.807, 2.05) is 45.0 Å². The first kappa shape index (κ1) is 27.5. The highest BCUT2D eigenvalue weighted by atomic mass is 32.2. The van der Waals surface area contributed by atoms with E-state index in [4.69, 9.17) is 4.42 Å². The topological polar surface area (TPSA) is 100 Å². The first-order valence-electron chi connectivity index (χ1n) is 12.4. The molecule has 7 nitrogen and oxygen atoms in total. The summed E-state index contributed by atoms with van der Waals surface area (Å²) in [6.07, 6.45) is 2.95. The molecule has 0 fully saturated rings. The van der Waals surface area contributed by atoms with Crippen LogP contribution in [0.5, 0.6) is 0 Å². The maximum atomic E-state index is 13.2. The molecular formula is C31H29N3O4S. The van der Waals surface area contributed by atoms with Crippen LogP contribution in [0, 0.1) is 13.8 Å². The summed E-state index contributed by atoms with van der Waals surface area (Å²) in [6.45, 7) is 5.81. The molecule has 0 saturated carbocycles. The largest absolute Gasteiger partial charge is 0.465 e. The van der Waals surface area contributed by atoms with Crippen molar-refractivity contribution < 1.29 is 18.8 Å². The summed E-state index contributed by atoms with van der Waals surface area (Å²) in [5.74, 6) is -0.636. The van der Waals surface area contributed by atoms with Crippen LogP contribution in [0.4, 0.5) is 11.4 Å². The van der Waals surface area contributed by atoms with Gasteiger partial charge >= 0.3 is 0 Å². The van der Waals surface area contributed by atoms with Gasteiger partial charge in [0.1, 0.15) is 11.5 Å². The molecular weight excluding hydrogens is 510 g/mol. The lowest BCUT2D eigenvalue weighted by atomic mass is 10.1. The van der Waals surface area contributed by atoms with Gasteiger partial charge in [-0.2, -0.15) is 0 Å². The number of anilines is 2. The molecule has 198 valence electrons. The van der Waals surface area contributed by atoms with Crippen molar-refractivity contribution >= 4 is 46.9 Å². The number of aryl methyl sites for hydroxylation is 2. The van der Waals surface area contributed by atoms with Crippen LogP contribution in [-0.2, 0) is 9.59 Å². The summed E-state index contributed by atoms with van der Waals surface area (Å²) >= 11 is 1.38. The Kier molecular flexibility index (Phi) is 9.01. The zero-order valence-electron chi connectivity index (χ0n) is 21.9. The highest BCUT2D eigenvalue weighted by Gasteiger charge is 2.18. The van der Waals surface area contributed by atoms with E-state index in [1.54, 1.807) is 54.6 Å². The van der Waals surface area contributed by atoms with Gasteiger partial charge in [0.25, 0.3) is 11.8 Å². The van der Waals surface area contributed by atoms with Gasteiger partial charge in [0.15, 0.2) is 0 Å². The van der Waals surface area contributed by atoms with Crippen molar-refractivity contribution in [1.29, 1.82) is 0 Å². The third-order valence-corrected chi connectivity index (χ3v) is 6.72. The summed E-state index contributed by atoms with van der Waals surface area (Å²) in [6, 6.07) is 25.1. The van der Waals surface area contributed by atoms with Crippen molar-refractivity contribution in [2.75, 3.05) is 10.6 Å². The lowest BCUT2D eigenvalue weighted by molar-refractivity contribution is -0.115. The number of nitrogens with one attached hydrogen (secondary N) is 3. The van der Waals surface area contributed by atoms with E-state index < -0.39 is 11.8 Å². The molecule has 0 aliphatic rings. The van der Waals surface area contributed by atoms with Gasteiger partial charge in [0.05, 0.1) is 11.5 Å².